The first-order valence-electron chi connectivity index (χ1n) is 11.2. The number of anilines is 1. The Balaban J connectivity index is 1.46. The van der Waals surface area contributed by atoms with Crippen LogP contribution in [0, 0.1) is 5.92 Å². The fourth-order valence-electron chi connectivity index (χ4n) is 4.30. The van der Waals surface area contributed by atoms with Gasteiger partial charge in [0.15, 0.2) is 0 Å². The molecule has 4 atom stereocenters. The van der Waals surface area contributed by atoms with Gasteiger partial charge < -0.3 is 25.4 Å². The van der Waals surface area contributed by atoms with Crippen molar-refractivity contribution >= 4 is 57.7 Å². The summed E-state index contributed by atoms with van der Waals surface area (Å²) < 4.78 is 29.4. The Morgan fingerprint density at radius 3 is 2.54 bits per heavy atom. The van der Waals surface area contributed by atoms with Gasteiger partial charge in [0.2, 0.25) is 15.9 Å². The summed E-state index contributed by atoms with van der Waals surface area (Å²) in [7, 11) is -4.10. The number of aliphatic carboxylic acids is 1. The van der Waals surface area contributed by atoms with E-state index in [0.29, 0.717) is 22.8 Å². The number of carboxylic acid groups (broad SMARTS) is 1. The molecule has 2 amide bonds. The molecule has 4 rings (SSSR count). The van der Waals surface area contributed by atoms with Crippen LogP contribution in [-0.2, 0) is 19.6 Å². The molecule has 3 unspecified atom stereocenters. The number of halogens is 1. The molecule has 2 aromatic rings. The maximum atomic E-state index is 12.7. The predicted molar refractivity (Wildman–Crippen MR) is 138 cm³/mol. The lowest BCUT2D eigenvalue weighted by atomic mass is 10.1. The largest absolute Gasteiger partial charge is 0.488 e. The van der Waals surface area contributed by atoms with Crippen LogP contribution >= 0.6 is 24.2 Å². The number of amides is 2. The molecule has 2 aromatic carbocycles. The first-order chi connectivity index (χ1) is 17.4. The molecular weight excluding hydrogens is 544 g/mol. The number of thiol groups is 1. The van der Waals surface area contributed by atoms with Crippen LogP contribution in [0.5, 0.6) is 5.75 Å². The second kappa shape index (κ2) is 10.4. The van der Waals surface area contributed by atoms with Crippen LogP contribution in [-0.4, -0.2) is 60.7 Å². The molecule has 1 fully saturated rings. The van der Waals surface area contributed by atoms with Crippen LogP contribution in [0.4, 0.5) is 5.69 Å². The van der Waals surface area contributed by atoms with E-state index in [1.165, 1.54) is 11.0 Å². The Morgan fingerprint density at radius 1 is 1.27 bits per heavy atom. The van der Waals surface area contributed by atoms with Crippen molar-refractivity contribution in [2.45, 2.75) is 36.6 Å². The van der Waals surface area contributed by atoms with E-state index < -0.39 is 46.1 Å². The van der Waals surface area contributed by atoms with Crippen molar-refractivity contribution in [2.24, 2.45) is 11.1 Å². The number of primary sulfonamides is 1. The second-order valence-corrected chi connectivity index (χ2v) is 11.2. The van der Waals surface area contributed by atoms with Crippen LogP contribution in [0.15, 0.2) is 41.3 Å². The third-order valence-electron chi connectivity index (χ3n) is 6.24. The highest BCUT2D eigenvalue weighted by Gasteiger charge is 2.41. The van der Waals surface area contributed by atoms with Gasteiger partial charge in [-0.2, -0.15) is 12.6 Å². The van der Waals surface area contributed by atoms with Crippen molar-refractivity contribution in [1.82, 2.24) is 10.2 Å². The van der Waals surface area contributed by atoms with E-state index in [-0.39, 0.29) is 34.4 Å². The molecule has 2 heterocycles. The van der Waals surface area contributed by atoms with Gasteiger partial charge in [-0.1, -0.05) is 30.7 Å². The van der Waals surface area contributed by atoms with Crippen molar-refractivity contribution in [2.75, 3.05) is 17.6 Å². The molecule has 0 radical (unpaired) electrons. The molecule has 0 bridgehead atoms. The Kier molecular flexibility index (Phi) is 7.60. The minimum absolute atomic E-state index is 0.0881. The molecule has 14 heteroatoms. The summed E-state index contributed by atoms with van der Waals surface area (Å²) in [6.45, 7) is 1.85. The number of ether oxygens (including phenoxy) is 1. The molecule has 0 spiro atoms. The maximum Gasteiger partial charge on any atom is 0.326 e. The Hall–Kier alpha value is -3.00. The summed E-state index contributed by atoms with van der Waals surface area (Å²) in [5.41, 5.74) is 1.11. The monoisotopic (exact) mass is 568 g/mol. The molecule has 2 aliphatic rings. The summed E-state index contributed by atoms with van der Waals surface area (Å²) in [6, 6.07) is 8.27. The molecular formula is C23H25ClN4O7S2. The fourth-order valence-corrected chi connectivity index (χ4v) is 5.55. The Morgan fingerprint density at radius 2 is 1.95 bits per heavy atom. The minimum Gasteiger partial charge on any atom is -0.488 e. The molecule has 1 saturated heterocycles. The van der Waals surface area contributed by atoms with E-state index in [0.717, 1.165) is 6.07 Å². The number of likely N-dealkylation sites (tertiary alicyclic amines) is 1. The second-order valence-electron chi connectivity index (χ2n) is 8.90. The van der Waals surface area contributed by atoms with Crippen molar-refractivity contribution in [3.05, 3.63) is 52.5 Å². The Labute approximate surface area is 223 Å². The number of benzene rings is 2. The highest BCUT2D eigenvalue weighted by Crippen LogP contribution is 2.34. The zero-order chi connectivity index (χ0) is 27.1. The van der Waals surface area contributed by atoms with E-state index in [9.17, 15) is 27.9 Å². The normalized spacial score (nSPS) is 22.0. The minimum atomic E-state index is -4.10. The number of nitrogens with zero attached hydrogens (tertiary/aromatic N) is 1. The molecule has 11 nitrogen and oxygen atoms in total. The average Bonchev–Trinajstić information content (AvgIpc) is 3.26. The number of carboxylic acids is 1. The molecule has 198 valence electrons. The Bertz CT molecular complexity index is 1350. The molecule has 5 N–H and O–H groups in total. The van der Waals surface area contributed by atoms with Crippen molar-refractivity contribution < 1.29 is 32.6 Å². The maximum absolute atomic E-state index is 12.7. The zero-order valence-electron chi connectivity index (χ0n) is 19.5. The number of fused-ring (bicyclic) bond motifs is 1. The number of sulfonamides is 1. The average molecular weight is 569 g/mol. The fraction of sp³-hybridized carbons (Fsp3) is 0.348. The van der Waals surface area contributed by atoms with Gasteiger partial charge in [0.05, 0.1) is 22.8 Å². The topological polar surface area (TPSA) is 168 Å². The lowest BCUT2D eigenvalue weighted by molar-refractivity contribution is -0.149. The number of nitrogens with two attached hydrogens (primary N) is 1. The lowest BCUT2D eigenvalue weighted by Gasteiger charge is -2.29. The van der Waals surface area contributed by atoms with E-state index >= 15 is 0 Å². The molecule has 0 saturated carbocycles. The van der Waals surface area contributed by atoms with Crippen LogP contribution < -0.4 is 20.5 Å². The van der Waals surface area contributed by atoms with Gasteiger partial charge >= 0.3 is 5.97 Å². The predicted octanol–water partition coefficient (Wildman–Crippen LogP) is 1.84. The quantitative estimate of drug-likeness (QED) is 0.315. The first-order valence-corrected chi connectivity index (χ1v) is 13.8. The SMILES string of the molecule is CC(CS)C(=O)N1CC(Oc2ccc(C3NC(=O)c4cc(S(N)(=O)=O)c(Cl)cc4N3)cc2)C[C@H]1C(=O)O. The number of hydrogen-bond donors (Lipinski definition) is 5. The third kappa shape index (κ3) is 5.64. The van der Waals surface area contributed by atoms with Gasteiger partial charge in [0.1, 0.15) is 29.0 Å². The van der Waals surface area contributed by atoms with E-state index in [1.54, 1.807) is 31.2 Å². The van der Waals surface area contributed by atoms with E-state index in [4.69, 9.17) is 21.5 Å². The molecule has 0 aromatic heterocycles. The van der Waals surface area contributed by atoms with Gasteiger partial charge in [-0.05, 0) is 29.8 Å². The van der Waals surface area contributed by atoms with Gasteiger partial charge in [-0.25, -0.2) is 18.4 Å². The van der Waals surface area contributed by atoms with Gasteiger partial charge in [-0.3, -0.25) is 9.59 Å². The first kappa shape index (κ1) is 27.0. The zero-order valence-corrected chi connectivity index (χ0v) is 22.0. The number of carbonyl (C=O) groups excluding carboxylic acids is 2. The van der Waals surface area contributed by atoms with Crippen LogP contribution in [0.1, 0.15) is 35.4 Å². The van der Waals surface area contributed by atoms with Crippen molar-refractivity contribution in [1.29, 1.82) is 0 Å². The number of rotatable bonds is 7. The summed E-state index contributed by atoms with van der Waals surface area (Å²) in [4.78, 5) is 37.9. The number of nitrogens with one attached hydrogen (secondary N) is 2. The van der Waals surface area contributed by atoms with Crippen LogP contribution in [0.25, 0.3) is 0 Å². The van der Waals surface area contributed by atoms with Gasteiger partial charge in [0, 0.05) is 18.1 Å². The molecule has 2 aliphatic heterocycles. The summed E-state index contributed by atoms with van der Waals surface area (Å²) in [5.74, 6) is -1.50. The summed E-state index contributed by atoms with van der Waals surface area (Å²) in [6.07, 6.45) is -0.984. The van der Waals surface area contributed by atoms with Crippen molar-refractivity contribution in [3.8, 4) is 5.75 Å². The van der Waals surface area contributed by atoms with Gasteiger partial charge in [0.25, 0.3) is 5.91 Å². The lowest BCUT2D eigenvalue weighted by Crippen LogP contribution is -2.43. The van der Waals surface area contributed by atoms with Crippen molar-refractivity contribution in [3.63, 3.8) is 0 Å². The highest BCUT2D eigenvalue weighted by molar-refractivity contribution is 7.89. The molecule has 37 heavy (non-hydrogen) atoms. The van der Waals surface area contributed by atoms with E-state index in [2.05, 4.69) is 23.3 Å². The third-order valence-corrected chi connectivity index (χ3v) is 8.16. The molecule has 0 aliphatic carbocycles. The van der Waals surface area contributed by atoms with Crippen LogP contribution in [0.3, 0.4) is 0 Å². The van der Waals surface area contributed by atoms with Gasteiger partial charge in [-0.15, -0.1) is 0 Å². The highest BCUT2D eigenvalue weighted by atomic mass is 35.5. The smallest absolute Gasteiger partial charge is 0.326 e. The number of hydrogen-bond acceptors (Lipinski definition) is 8. The standard InChI is InChI=1S/C23H25ClN4O7S2/c1-11(10-36)22(30)28-9-14(6-18(28)23(31)32)35-13-4-2-12(3-5-13)20-26-17-8-16(24)19(37(25,33)34)7-15(17)21(29)27-20/h2-5,7-8,11,14,18,20,26,36H,6,9-10H2,1H3,(H,27,29)(H,31,32)(H2,25,33,34)/t11?,14?,18-,20?/m0/s1. The number of carbonyl (C=O) groups is 3. The summed E-state index contributed by atoms with van der Waals surface area (Å²) >= 11 is 10.2. The van der Waals surface area contributed by atoms with Crippen LogP contribution in [0.2, 0.25) is 5.02 Å². The van der Waals surface area contributed by atoms with E-state index in [1.807, 2.05) is 0 Å². The summed E-state index contributed by atoms with van der Waals surface area (Å²) in [5, 5.41) is 20.5.